The number of benzene rings is 2. The van der Waals surface area contributed by atoms with Crippen molar-refractivity contribution in [1.82, 2.24) is 0 Å². The lowest BCUT2D eigenvalue weighted by molar-refractivity contribution is 0.102. The smallest absolute Gasteiger partial charge is 0.255 e. The van der Waals surface area contributed by atoms with E-state index >= 15 is 0 Å². The standard InChI is InChI=1S/C15H12BrF2NO/c1-8-3-4-10(6-11(8)16)15(20)19-14-7-12(17)9(2)5-13(14)18/h3-7H,1-2H3,(H,19,20). The fraction of sp³-hybridized carbons (Fsp3) is 0.133. The molecule has 0 atom stereocenters. The number of halogens is 3. The number of nitrogens with one attached hydrogen (secondary N) is 1. The number of anilines is 1. The lowest BCUT2D eigenvalue weighted by Crippen LogP contribution is -2.13. The lowest BCUT2D eigenvalue weighted by Gasteiger charge is -2.09. The van der Waals surface area contributed by atoms with E-state index in [2.05, 4.69) is 21.2 Å². The first-order chi connectivity index (χ1) is 9.38. The molecule has 1 N–H and O–H groups in total. The van der Waals surface area contributed by atoms with E-state index in [1.54, 1.807) is 18.2 Å². The highest BCUT2D eigenvalue weighted by molar-refractivity contribution is 9.10. The molecule has 0 aromatic heterocycles. The van der Waals surface area contributed by atoms with Crippen LogP contribution in [-0.2, 0) is 0 Å². The van der Waals surface area contributed by atoms with Crippen molar-refractivity contribution in [3.05, 3.63) is 63.1 Å². The van der Waals surface area contributed by atoms with Gasteiger partial charge < -0.3 is 5.32 Å². The van der Waals surface area contributed by atoms with E-state index in [-0.39, 0.29) is 11.3 Å². The van der Waals surface area contributed by atoms with Crippen molar-refractivity contribution in [2.75, 3.05) is 5.32 Å². The van der Waals surface area contributed by atoms with Crippen LogP contribution in [0.4, 0.5) is 14.5 Å². The van der Waals surface area contributed by atoms with E-state index in [4.69, 9.17) is 0 Å². The molecule has 0 heterocycles. The molecule has 2 rings (SSSR count). The van der Waals surface area contributed by atoms with Crippen molar-refractivity contribution < 1.29 is 13.6 Å². The number of amides is 1. The van der Waals surface area contributed by atoms with Crippen molar-refractivity contribution in [2.45, 2.75) is 13.8 Å². The number of hydrogen-bond donors (Lipinski definition) is 1. The minimum absolute atomic E-state index is 0.171. The minimum Gasteiger partial charge on any atom is -0.319 e. The first-order valence-electron chi connectivity index (χ1n) is 5.91. The number of carbonyl (C=O) groups is 1. The van der Waals surface area contributed by atoms with Crippen LogP contribution >= 0.6 is 15.9 Å². The van der Waals surface area contributed by atoms with Gasteiger partial charge in [0.05, 0.1) is 5.69 Å². The Morgan fingerprint density at radius 1 is 1.05 bits per heavy atom. The summed E-state index contributed by atoms with van der Waals surface area (Å²) in [4.78, 5) is 12.0. The maximum Gasteiger partial charge on any atom is 0.255 e. The summed E-state index contributed by atoms with van der Waals surface area (Å²) in [5.74, 6) is -1.72. The molecule has 2 aromatic carbocycles. The molecule has 0 aliphatic rings. The molecule has 0 fully saturated rings. The normalized spacial score (nSPS) is 10.4. The van der Waals surface area contributed by atoms with Crippen LogP contribution in [-0.4, -0.2) is 5.91 Å². The summed E-state index contributed by atoms with van der Waals surface area (Å²) < 4.78 is 27.8. The van der Waals surface area contributed by atoms with E-state index in [1.165, 1.54) is 6.92 Å². The molecule has 5 heteroatoms. The topological polar surface area (TPSA) is 29.1 Å². The molecule has 0 bridgehead atoms. The molecule has 0 aliphatic heterocycles. The zero-order chi connectivity index (χ0) is 14.9. The van der Waals surface area contributed by atoms with Gasteiger partial charge in [-0.25, -0.2) is 8.78 Å². The fourth-order valence-electron chi connectivity index (χ4n) is 1.67. The van der Waals surface area contributed by atoms with Crippen molar-refractivity contribution in [3.63, 3.8) is 0 Å². The van der Waals surface area contributed by atoms with Crippen LogP contribution < -0.4 is 5.32 Å². The van der Waals surface area contributed by atoms with Crippen LogP contribution in [0.15, 0.2) is 34.8 Å². The van der Waals surface area contributed by atoms with Crippen LogP contribution in [0.3, 0.4) is 0 Å². The van der Waals surface area contributed by atoms with E-state index in [0.717, 1.165) is 22.2 Å². The van der Waals surface area contributed by atoms with Gasteiger partial charge in [-0.15, -0.1) is 0 Å². The van der Waals surface area contributed by atoms with Gasteiger partial charge in [0.25, 0.3) is 5.91 Å². The number of aryl methyl sites for hydroxylation is 2. The maximum atomic E-state index is 13.7. The van der Waals surface area contributed by atoms with Crippen molar-refractivity contribution in [1.29, 1.82) is 0 Å². The Kier molecular flexibility index (Phi) is 4.18. The van der Waals surface area contributed by atoms with Gasteiger partial charge >= 0.3 is 0 Å². The van der Waals surface area contributed by atoms with Crippen LogP contribution in [0.25, 0.3) is 0 Å². The van der Waals surface area contributed by atoms with Crippen LogP contribution in [0, 0.1) is 25.5 Å². The summed E-state index contributed by atoms with van der Waals surface area (Å²) in [6, 6.07) is 7.05. The molecule has 20 heavy (non-hydrogen) atoms. The van der Waals surface area contributed by atoms with Gasteiger partial charge in [0.1, 0.15) is 11.6 Å². The maximum absolute atomic E-state index is 13.7. The third kappa shape index (κ3) is 3.04. The van der Waals surface area contributed by atoms with Gasteiger partial charge in [-0.1, -0.05) is 22.0 Å². The van der Waals surface area contributed by atoms with Crippen molar-refractivity contribution in [2.24, 2.45) is 0 Å². The second-order valence-electron chi connectivity index (χ2n) is 4.50. The second-order valence-corrected chi connectivity index (χ2v) is 5.35. The summed E-state index contributed by atoms with van der Waals surface area (Å²) in [6.07, 6.45) is 0. The van der Waals surface area contributed by atoms with Gasteiger partial charge in [0, 0.05) is 16.1 Å². The molecule has 0 radical (unpaired) electrons. The third-order valence-electron chi connectivity index (χ3n) is 2.93. The van der Waals surface area contributed by atoms with Gasteiger partial charge in [0.15, 0.2) is 0 Å². The summed E-state index contributed by atoms with van der Waals surface area (Å²) in [5, 5.41) is 2.37. The molecule has 0 spiro atoms. The number of hydrogen-bond acceptors (Lipinski definition) is 1. The Balaban J connectivity index is 2.27. The highest BCUT2D eigenvalue weighted by atomic mass is 79.9. The SMILES string of the molecule is Cc1cc(F)c(NC(=O)c2ccc(C)c(Br)c2)cc1F. The monoisotopic (exact) mass is 339 g/mol. The summed E-state index contributed by atoms with van der Waals surface area (Å²) in [5.41, 5.74) is 1.37. The zero-order valence-electron chi connectivity index (χ0n) is 10.9. The van der Waals surface area contributed by atoms with Gasteiger partial charge in [-0.3, -0.25) is 4.79 Å². The highest BCUT2D eigenvalue weighted by Crippen LogP contribution is 2.21. The molecule has 2 nitrogen and oxygen atoms in total. The Hall–Kier alpha value is -1.75. The second kappa shape index (κ2) is 5.71. The number of rotatable bonds is 2. The van der Waals surface area contributed by atoms with E-state index in [0.29, 0.717) is 5.56 Å². The molecule has 0 unspecified atom stereocenters. The van der Waals surface area contributed by atoms with Gasteiger partial charge in [-0.05, 0) is 43.2 Å². The first-order valence-corrected chi connectivity index (χ1v) is 6.71. The third-order valence-corrected chi connectivity index (χ3v) is 3.78. The van der Waals surface area contributed by atoms with Gasteiger partial charge in [0.2, 0.25) is 0 Å². The fourth-order valence-corrected chi connectivity index (χ4v) is 2.05. The molecule has 2 aromatic rings. The van der Waals surface area contributed by atoms with Crippen molar-refractivity contribution >= 4 is 27.5 Å². The average Bonchev–Trinajstić information content (AvgIpc) is 2.39. The molecular formula is C15H12BrF2NO. The van der Waals surface area contributed by atoms with Crippen LogP contribution in [0.1, 0.15) is 21.5 Å². The van der Waals surface area contributed by atoms with Gasteiger partial charge in [-0.2, -0.15) is 0 Å². The predicted octanol–water partition coefficient (Wildman–Crippen LogP) is 4.60. The highest BCUT2D eigenvalue weighted by Gasteiger charge is 2.12. The molecular weight excluding hydrogens is 328 g/mol. The summed E-state index contributed by atoms with van der Waals surface area (Å²) in [6.45, 7) is 3.35. The van der Waals surface area contributed by atoms with Crippen LogP contribution in [0.5, 0.6) is 0 Å². The molecule has 104 valence electrons. The largest absolute Gasteiger partial charge is 0.319 e. The Morgan fingerprint density at radius 2 is 1.75 bits per heavy atom. The molecule has 1 amide bonds. The Labute approximate surface area is 123 Å². The van der Waals surface area contributed by atoms with E-state index < -0.39 is 17.5 Å². The first kappa shape index (κ1) is 14.7. The molecule has 0 aliphatic carbocycles. The predicted molar refractivity (Wildman–Crippen MR) is 77.9 cm³/mol. The summed E-state index contributed by atoms with van der Waals surface area (Å²) >= 11 is 3.32. The quantitative estimate of drug-likeness (QED) is 0.851. The minimum atomic E-state index is -0.663. The molecule has 0 saturated heterocycles. The van der Waals surface area contributed by atoms with Crippen LogP contribution in [0.2, 0.25) is 0 Å². The van der Waals surface area contributed by atoms with Crippen molar-refractivity contribution in [3.8, 4) is 0 Å². The average molecular weight is 340 g/mol. The molecule has 0 saturated carbocycles. The lowest BCUT2D eigenvalue weighted by atomic mass is 10.1. The zero-order valence-corrected chi connectivity index (χ0v) is 12.5. The van der Waals surface area contributed by atoms with E-state index in [9.17, 15) is 13.6 Å². The van der Waals surface area contributed by atoms with E-state index in [1.807, 2.05) is 6.92 Å². The Bertz CT molecular complexity index is 686. The number of carbonyl (C=O) groups excluding carboxylic acids is 1. The summed E-state index contributed by atoms with van der Waals surface area (Å²) in [7, 11) is 0. The Morgan fingerprint density at radius 3 is 2.40 bits per heavy atom.